The van der Waals surface area contributed by atoms with Crippen molar-refractivity contribution < 1.29 is 4.79 Å². The lowest BCUT2D eigenvalue weighted by atomic mass is 9.65. The lowest BCUT2D eigenvalue weighted by Gasteiger charge is -2.39. The first-order valence-corrected chi connectivity index (χ1v) is 7.84. The molecule has 0 radical (unpaired) electrons. The van der Waals surface area contributed by atoms with Gasteiger partial charge in [-0.15, -0.1) is 6.42 Å². The first kappa shape index (κ1) is 16.1. The van der Waals surface area contributed by atoms with E-state index in [0.29, 0.717) is 23.4 Å². The van der Waals surface area contributed by atoms with Crippen LogP contribution < -0.4 is 0 Å². The van der Waals surface area contributed by atoms with Gasteiger partial charge in [-0.2, -0.15) is 0 Å². The number of likely N-dealkylation sites (tertiary alicyclic amines) is 1. The van der Waals surface area contributed by atoms with Crippen LogP contribution >= 0.6 is 0 Å². The zero-order valence-electron chi connectivity index (χ0n) is 13.9. The molecule has 1 amide bonds. The summed E-state index contributed by atoms with van der Waals surface area (Å²) in [5, 5.41) is 0. The molecule has 2 bridgehead atoms. The summed E-state index contributed by atoms with van der Waals surface area (Å²) in [5.74, 6) is 2.76. The van der Waals surface area contributed by atoms with Crippen LogP contribution in [0, 0.1) is 23.2 Å². The fourth-order valence-electron chi connectivity index (χ4n) is 4.37. The number of carbonyl (C=O) groups is 1. The van der Waals surface area contributed by atoms with E-state index in [9.17, 15) is 4.79 Å². The van der Waals surface area contributed by atoms with Gasteiger partial charge in [-0.3, -0.25) is 9.69 Å². The fourth-order valence-corrected chi connectivity index (χ4v) is 4.37. The third-order valence-corrected chi connectivity index (χ3v) is 4.74. The molecule has 0 spiro atoms. The standard InChI is InChI=1S/C18H28N2O/c1-6-9-19(5)10-7-8-16(21)20-14-18(4)12-15(20)11-17(2,3)13-18/h1,7-8,15H,9-14H2,2-5H3/b8-7+. The van der Waals surface area contributed by atoms with Crippen molar-refractivity contribution in [3.05, 3.63) is 12.2 Å². The summed E-state index contributed by atoms with van der Waals surface area (Å²) in [6, 6.07) is 0.416. The van der Waals surface area contributed by atoms with Crippen molar-refractivity contribution in [3.63, 3.8) is 0 Å². The Balaban J connectivity index is 1.95. The molecular weight excluding hydrogens is 260 g/mol. The first-order chi connectivity index (χ1) is 9.75. The highest BCUT2D eigenvalue weighted by atomic mass is 16.2. The van der Waals surface area contributed by atoms with Gasteiger partial charge >= 0.3 is 0 Å². The summed E-state index contributed by atoms with van der Waals surface area (Å²) in [6.45, 7) is 9.23. The quantitative estimate of drug-likeness (QED) is 0.586. The number of rotatable bonds is 4. The predicted molar refractivity (Wildman–Crippen MR) is 86.7 cm³/mol. The zero-order valence-corrected chi connectivity index (χ0v) is 13.9. The SMILES string of the molecule is C#CCN(C)C/C=C/C(=O)N1CC2(C)CC1CC(C)(C)C2. The Kier molecular flexibility index (Phi) is 4.49. The van der Waals surface area contributed by atoms with Gasteiger partial charge in [-0.25, -0.2) is 0 Å². The van der Waals surface area contributed by atoms with Gasteiger partial charge in [0.15, 0.2) is 0 Å². The minimum atomic E-state index is 0.163. The largest absolute Gasteiger partial charge is 0.336 e. The minimum absolute atomic E-state index is 0.163. The third-order valence-electron chi connectivity index (χ3n) is 4.74. The van der Waals surface area contributed by atoms with E-state index < -0.39 is 0 Å². The van der Waals surface area contributed by atoms with Crippen molar-refractivity contribution in [3.8, 4) is 12.3 Å². The van der Waals surface area contributed by atoms with Gasteiger partial charge in [0.1, 0.15) is 0 Å². The maximum Gasteiger partial charge on any atom is 0.246 e. The van der Waals surface area contributed by atoms with Crippen LogP contribution in [0.15, 0.2) is 12.2 Å². The van der Waals surface area contributed by atoms with Crippen LogP contribution in [0.1, 0.15) is 40.0 Å². The maximum absolute atomic E-state index is 12.5. The first-order valence-electron chi connectivity index (χ1n) is 7.84. The number of amides is 1. The highest BCUT2D eigenvalue weighted by molar-refractivity contribution is 5.88. The molecule has 2 aliphatic rings. The Hall–Kier alpha value is -1.27. The van der Waals surface area contributed by atoms with Crippen molar-refractivity contribution in [1.29, 1.82) is 0 Å². The molecule has 1 heterocycles. The monoisotopic (exact) mass is 288 g/mol. The number of carbonyl (C=O) groups excluding carboxylic acids is 1. The Labute approximate surface area is 129 Å². The lowest BCUT2D eigenvalue weighted by molar-refractivity contribution is -0.127. The summed E-state index contributed by atoms with van der Waals surface area (Å²) in [7, 11) is 1.96. The van der Waals surface area contributed by atoms with Crippen LogP contribution in [0.25, 0.3) is 0 Å². The minimum Gasteiger partial charge on any atom is -0.336 e. The number of nitrogens with zero attached hydrogens (tertiary/aromatic N) is 2. The van der Waals surface area contributed by atoms with E-state index in [1.54, 1.807) is 6.08 Å². The molecule has 1 saturated carbocycles. The molecule has 0 N–H and O–H groups in total. The van der Waals surface area contributed by atoms with E-state index in [2.05, 4.69) is 31.6 Å². The summed E-state index contributed by atoms with van der Waals surface area (Å²) < 4.78 is 0. The Bertz CT molecular complexity index is 474. The molecule has 116 valence electrons. The van der Waals surface area contributed by atoms with Gasteiger partial charge in [-0.05, 0) is 37.1 Å². The summed E-state index contributed by atoms with van der Waals surface area (Å²) in [4.78, 5) is 16.6. The maximum atomic E-state index is 12.5. The topological polar surface area (TPSA) is 23.6 Å². The van der Waals surface area contributed by atoms with Crippen LogP contribution in [0.5, 0.6) is 0 Å². The van der Waals surface area contributed by atoms with E-state index in [4.69, 9.17) is 6.42 Å². The molecule has 2 rings (SSSR count). The second kappa shape index (κ2) is 5.85. The zero-order chi connectivity index (χ0) is 15.7. The highest BCUT2D eigenvalue weighted by Crippen LogP contribution is 2.52. The number of terminal acetylenes is 1. The predicted octanol–water partition coefficient (Wildman–Crippen LogP) is 2.53. The normalized spacial score (nSPS) is 30.9. The van der Waals surface area contributed by atoms with Gasteiger partial charge < -0.3 is 4.90 Å². The Morgan fingerprint density at radius 3 is 2.81 bits per heavy atom. The second-order valence-electron chi connectivity index (χ2n) is 7.98. The van der Waals surface area contributed by atoms with Crippen molar-refractivity contribution >= 4 is 5.91 Å². The molecule has 1 aliphatic heterocycles. The Morgan fingerprint density at radius 1 is 1.43 bits per heavy atom. The van der Waals surface area contributed by atoms with Crippen LogP contribution in [0.4, 0.5) is 0 Å². The second-order valence-corrected chi connectivity index (χ2v) is 7.98. The fraction of sp³-hybridized carbons (Fsp3) is 0.722. The van der Waals surface area contributed by atoms with Crippen LogP contribution in [-0.2, 0) is 4.79 Å². The Morgan fingerprint density at radius 2 is 2.14 bits per heavy atom. The highest BCUT2D eigenvalue weighted by Gasteiger charge is 2.50. The van der Waals surface area contributed by atoms with Gasteiger partial charge in [0.05, 0.1) is 6.54 Å². The van der Waals surface area contributed by atoms with Gasteiger partial charge in [0, 0.05) is 25.2 Å². The van der Waals surface area contributed by atoms with Crippen LogP contribution in [0.3, 0.4) is 0 Å². The van der Waals surface area contributed by atoms with Crippen LogP contribution in [0.2, 0.25) is 0 Å². The number of fused-ring (bicyclic) bond motifs is 2. The number of hydrogen-bond donors (Lipinski definition) is 0. The van der Waals surface area contributed by atoms with Gasteiger partial charge in [0.25, 0.3) is 0 Å². The summed E-state index contributed by atoms with van der Waals surface area (Å²) >= 11 is 0. The van der Waals surface area contributed by atoms with E-state index in [1.807, 2.05) is 18.0 Å². The van der Waals surface area contributed by atoms with Gasteiger partial charge in [-0.1, -0.05) is 32.8 Å². The van der Waals surface area contributed by atoms with E-state index in [0.717, 1.165) is 25.9 Å². The molecule has 0 aromatic rings. The van der Waals surface area contributed by atoms with Crippen molar-refractivity contribution in [2.24, 2.45) is 10.8 Å². The summed E-state index contributed by atoms with van der Waals surface area (Å²) in [6.07, 6.45) is 12.4. The average Bonchev–Trinajstić information content (AvgIpc) is 2.58. The molecule has 0 aromatic carbocycles. The molecule has 1 saturated heterocycles. The third kappa shape index (κ3) is 3.89. The number of likely N-dealkylation sites (N-methyl/N-ethyl adjacent to an activating group) is 1. The van der Waals surface area contributed by atoms with E-state index in [-0.39, 0.29) is 5.91 Å². The van der Waals surface area contributed by atoms with Crippen molar-refractivity contribution in [2.75, 3.05) is 26.7 Å². The van der Waals surface area contributed by atoms with Crippen LogP contribution in [-0.4, -0.2) is 48.4 Å². The lowest BCUT2D eigenvalue weighted by Crippen LogP contribution is -2.37. The molecule has 2 fully saturated rings. The molecule has 1 aliphatic carbocycles. The molecule has 21 heavy (non-hydrogen) atoms. The van der Waals surface area contributed by atoms with Crippen molar-refractivity contribution in [2.45, 2.75) is 46.1 Å². The van der Waals surface area contributed by atoms with E-state index >= 15 is 0 Å². The summed E-state index contributed by atoms with van der Waals surface area (Å²) in [5.41, 5.74) is 0.652. The molecule has 3 nitrogen and oxygen atoms in total. The molecule has 2 atom stereocenters. The number of hydrogen-bond acceptors (Lipinski definition) is 2. The van der Waals surface area contributed by atoms with E-state index in [1.165, 1.54) is 6.42 Å². The molecular formula is C18H28N2O. The average molecular weight is 288 g/mol. The van der Waals surface area contributed by atoms with Gasteiger partial charge in [0.2, 0.25) is 5.91 Å². The molecule has 0 aromatic heterocycles. The molecule has 2 unspecified atom stereocenters. The molecule has 3 heteroatoms. The smallest absolute Gasteiger partial charge is 0.246 e. The van der Waals surface area contributed by atoms with Crippen molar-refractivity contribution in [1.82, 2.24) is 9.80 Å².